The second-order valence-electron chi connectivity index (χ2n) is 3.79. The van der Waals surface area contributed by atoms with Crippen molar-refractivity contribution in [3.8, 4) is 5.75 Å². The van der Waals surface area contributed by atoms with Crippen LogP contribution in [-0.2, 0) is 11.3 Å². The van der Waals surface area contributed by atoms with Gasteiger partial charge >= 0.3 is 6.36 Å². The molecule has 19 heavy (non-hydrogen) atoms. The van der Waals surface area contributed by atoms with Gasteiger partial charge in [-0.25, -0.2) is 0 Å². The minimum atomic E-state index is -4.76. The molecule has 1 heterocycles. The number of ether oxygens (including phenoxy) is 1. The van der Waals surface area contributed by atoms with Crippen molar-refractivity contribution in [3.63, 3.8) is 0 Å². The highest BCUT2D eigenvalue weighted by Crippen LogP contribution is 2.25. The van der Waals surface area contributed by atoms with Gasteiger partial charge < -0.3 is 9.64 Å². The number of hydrogen-bond donors (Lipinski definition) is 0. The van der Waals surface area contributed by atoms with Gasteiger partial charge in [0.15, 0.2) is 0 Å². The zero-order valence-electron chi connectivity index (χ0n) is 9.44. The van der Waals surface area contributed by atoms with Gasteiger partial charge in [0.05, 0.1) is 6.54 Å². The van der Waals surface area contributed by atoms with Crippen molar-refractivity contribution < 1.29 is 27.5 Å². The number of rotatable bonds is 3. The highest BCUT2D eigenvalue weighted by atomic mass is 32.2. The molecule has 0 aromatic heterocycles. The van der Waals surface area contributed by atoms with Crippen LogP contribution in [0.1, 0.15) is 5.56 Å². The molecule has 0 saturated carbocycles. The van der Waals surface area contributed by atoms with Crippen LogP contribution in [0.25, 0.3) is 0 Å². The van der Waals surface area contributed by atoms with Crippen molar-refractivity contribution in [1.29, 1.82) is 0 Å². The zero-order chi connectivity index (χ0) is 14.0. The van der Waals surface area contributed by atoms with Crippen LogP contribution in [0.3, 0.4) is 0 Å². The molecule has 8 heteroatoms. The number of benzene rings is 1. The fourth-order valence-electron chi connectivity index (χ4n) is 1.60. The van der Waals surface area contributed by atoms with Crippen molar-refractivity contribution in [1.82, 2.24) is 4.90 Å². The Kier molecular flexibility index (Phi) is 3.70. The normalized spacial score (nSPS) is 16.1. The van der Waals surface area contributed by atoms with Crippen molar-refractivity contribution in [2.24, 2.45) is 0 Å². The fraction of sp³-hybridized carbons (Fsp3) is 0.273. The molecule has 0 aliphatic carbocycles. The van der Waals surface area contributed by atoms with Gasteiger partial charge in [-0.05, 0) is 17.7 Å². The van der Waals surface area contributed by atoms with Crippen LogP contribution in [0.5, 0.6) is 5.75 Å². The molecule has 1 aliphatic rings. The monoisotopic (exact) mass is 291 g/mol. The third-order valence-corrected chi connectivity index (χ3v) is 3.07. The molecule has 0 atom stereocenters. The zero-order valence-corrected chi connectivity index (χ0v) is 10.3. The Labute approximate surface area is 110 Å². The van der Waals surface area contributed by atoms with E-state index in [2.05, 4.69) is 4.74 Å². The summed E-state index contributed by atoms with van der Waals surface area (Å²) >= 11 is 0.599. The minimum Gasteiger partial charge on any atom is -0.406 e. The first-order valence-electron chi connectivity index (χ1n) is 5.18. The van der Waals surface area contributed by atoms with E-state index in [-0.39, 0.29) is 24.0 Å². The molecule has 1 amide bonds. The molecule has 0 radical (unpaired) electrons. The summed E-state index contributed by atoms with van der Waals surface area (Å²) in [6, 6.07) is 5.31. The first-order valence-corrected chi connectivity index (χ1v) is 5.99. The lowest BCUT2D eigenvalue weighted by Crippen LogP contribution is -2.23. The maximum Gasteiger partial charge on any atom is 0.573 e. The summed E-state index contributed by atoms with van der Waals surface area (Å²) < 4.78 is 39.9. The maximum absolute atomic E-state index is 12.1. The number of amides is 1. The van der Waals surface area contributed by atoms with Gasteiger partial charge in [-0.3, -0.25) is 9.59 Å². The van der Waals surface area contributed by atoms with E-state index in [9.17, 15) is 22.8 Å². The summed E-state index contributed by atoms with van der Waals surface area (Å²) in [4.78, 5) is 23.7. The highest BCUT2D eigenvalue weighted by Gasteiger charge is 2.31. The van der Waals surface area contributed by atoms with Crippen molar-refractivity contribution >= 4 is 22.1 Å². The van der Waals surface area contributed by atoms with Crippen LogP contribution in [-0.4, -0.2) is 28.2 Å². The standard InChI is InChI=1S/C11H8F3NO3S/c12-11(13,14)18-8-3-1-2-7(4-8)5-15-6-9(16)19-10(15)17/h1-4H,5-6H2. The third kappa shape index (κ3) is 3.88. The highest BCUT2D eigenvalue weighted by molar-refractivity contribution is 8.26. The van der Waals surface area contributed by atoms with Crippen LogP contribution < -0.4 is 4.74 Å². The van der Waals surface area contributed by atoms with Crippen molar-refractivity contribution in [2.75, 3.05) is 6.54 Å². The molecule has 1 fully saturated rings. The number of alkyl halides is 3. The average molecular weight is 291 g/mol. The van der Waals surface area contributed by atoms with Gasteiger partial charge in [-0.2, -0.15) is 0 Å². The number of carbonyl (C=O) groups is 2. The topological polar surface area (TPSA) is 46.6 Å². The molecule has 2 rings (SSSR count). The Bertz CT molecular complexity index is 518. The molecule has 1 aromatic carbocycles. The number of nitrogens with zero attached hydrogens (tertiary/aromatic N) is 1. The lowest BCUT2D eigenvalue weighted by molar-refractivity contribution is -0.274. The van der Waals surface area contributed by atoms with Crippen LogP contribution in [0.2, 0.25) is 0 Å². The van der Waals surface area contributed by atoms with Gasteiger partial charge in [-0.1, -0.05) is 12.1 Å². The largest absolute Gasteiger partial charge is 0.573 e. The molecular weight excluding hydrogens is 283 g/mol. The van der Waals surface area contributed by atoms with E-state index in [0.717, 1.165) is 0 Å². The lowest BCUT2D eigenvalue weighted by atomic mass is 10.2. The number of thioether (sulfide) groups is 1. The first kappa shape index (κ1) is 13.7. The Hall–Kier alpha value is -1.70. The molecule has 1 aromatic rings. The minimum absolute atomic E-state index is 0.0339. The molecule has 0 bridgehead atoms. The van der Waals surface area contributed by atoms with Gasteiger partial charge in [0.2, 0.25) is 5.12 Å². The maximum atomic E-state index is 12.1. The molecule has 1 aliphatic heterocycles. The second-order valence-corrected chi connectivity index (χ2v) is 4.80. The molecule has 0 unspecified atom stereocenters. The summed E-state index contributed by atoms with van der Waals surface area (Å²) in [7, 11) is 0. The van der Waals surface area contributed by atoms with E-state index in [1.54, 1.807) is 6.07 Å². The molecule has 0 spiro atoms. The Morgan fingerprint density at radius 1 is 1.32 bits per heavy atom. The van der Waals surface area contributed by atoms with Gasteiger partial charge in [0.1, 0.15) is 5.75 Å². The van der Waals surface area contributed by atoms with Crippen LogP contribution in [0.4, 0.5) is 18.0 Å². The van der Waals surface area contributed by atoms with E-state index >= 15 is 0 Å². The fourth-order valence-corrected chi connectivity index (χ4v) is 2.27. The molecule has 0 N–H and O–H groups in total. The number of carbonyl (C=O) groups excluding carboxylic acids is 2. The molecule has 1 saturated heterocycles. The predicted octanol–water partition coefficient (Wildman–Crippen LogP) is 2.78. The molecule has 4 nitrogen and oxygen atoms in total. The number of halogens is 3. The first-order chi connectivity index (χ1) is 8.83. The summed E-state index contributed by atoms with van der Waals surface area (Å²) in [6.45, 7) is 0.0421. The number of hydrogen-bond acceptors (Lipinski definition) is 4. The van der Waals surface area contributed by atoms with Crippen LogP contribution in [0, 0.1) is 0 Å². The van der Waals surface area contributed by atoms with Crippen LogP contribution >= 0.6 is 11.8 Å². The summed E-state index contributed by atoms with van der Waals surface area (Å²) in [5, 5.41) is -0.667. The van der Waals surface area contributed by atoms with E-state index in [0.29, 0.717) is 17.3 Å². The van der Waals surface area contributed by atoms with E-state index in [4.69, 9.17) is 0 Å². The van der Waals surface area contributed by atoms with E-state index in [1.165, 1.54) is 23.1 Å². The predicted molar refractivity (Wildman–Crippen MR) is 61.5 cm³/mol. The average Bonchev–Trinajstić information content (AvgIpc) is 2.55. The summed E-state index contributed by atoms with van der Waals surface area (Å²) in [5.41, 5.74) is 0.463. The quantitative estimate of drug-likeness (QED) is 0.859. The van der Waals surface area contributed by atoms with Crippen LogP contribution in [0.15, 0.2) is 24.3 Å². The van der Waals surface area contributed by atoms with Crippen molar-refractivity contribution in [3.05, 3.63) is 29.8 Å². The van der Waals surface area contributed by atoms with E-state index in [1.807, 2.05) is 0 Å². The second kappa shape index (κ2) is 5.12. The smallest absolute Gasteiger partial charge is 0.406 e. The summed E-state index contributed by atoms with van der Waals surface area (Å²) in [5.74, 6) is -0.351. The Balaban J connectivity index is 2.07. The third-order valence-electron chi connectivity index (χ3n) is 2.28. The lowest BCUT2D eigenvalue weighted by Gasteiger charge is -2.14. The Morgan fingerprint density at radius 3 is 2.63 bits per heavy atom. The molecular formula is C11H8F3NO3S. The van der Waals surface area contributed by atoms with Gasteiger partial charge in [0, 0.05) is 18.3 Å². The Morgan fingerprint density at radius 2 is 2.05 bits per heavy atom. The van der Waals surface area contributed by atoms with Gasteiger partial charge in [-0.15, -0.1) is 13.2 Å². The summed E-state index contributed by atoms with van der Waals surface area (Å²) in [6.07, 6.45) is -4.76. The van der Waals surface area contributed by atoms with Crippen molar-refractivity contribution in [2.45, 2.75) is 12.9 Å². The van der Waals surface area contributed by atoms with E-state index < -0.39 is 11.6 Å². The molecule has 102 valence electrons. The SMILES string of the molecule is O=C1CN(Cc2cccc(OC(F)(F)F)c2)C(=O)S1. The van der Waals surface area contributed by atoms with Gasteiger partial charge in [0.25, 0.3) is 5.24 Å².